The molecule has 0 aromatic heterocycles. The second-order valence-electron chi connectivity index (χ2n) is 6.45. The number of nitrogens with two attached hydrogens (primary N) is 1. The minimum atomic E-state index is 0. The van der Waals surface area contributed by atoms with Gasteiger partial charge in [0.05, 0.1) is 25.9 Å². The predicted octanol–water partition coefficient (Wildman–Crippen LogP) is 2.38. The van der Waals surface area contributed by atoms with Gasteiger partial charge in [-0.1, -0.05) is 25.1 Å². The Morgan fingerprint density at radius 3 is 2.87 bits per heavy atom. The van der Waals surface area contributed by atoms with Crippen molar-refractivity contribution < 1.29 is 9.47 Å². The highest BCUT2D eigenvalue weighted by atomic mass is 127. The Morgan fingerprint density at radius 2 is 2.17 bits per heavy atom. The average molecular weight is 431 g/mol. The molecule has 3 atom stereocenters. The molecular weight excluding hydrogens is 405 g/mol. The first-order valence-corrected chi connectivity index (χ1v) is 7.88. The summed E-state index contributed by atoms with van der Waals surface area (Å²) in [6.45, 7) is 6.64. The van der Waals surface area contributed by atoms with Crippen LogP contribution in [-0.4, -0.2) is 49.8 Å². The highest BCUT2D eigenvalue weighted by molar-refractivity contribution is 14.0. The van der Waals surface area contributed by atoms with E-state index in [-0.39, 0.29) is 41.5 Å². The number of ether oxygens (including phenoxy) is 2. The molecular formula is C17H26IN3O2. The Balaban J connectivity index is 0.00000192. The maximum Gasteiger partial charge on any atom is 0.191 e. The van der Waals surface area contributed by atoms with Crippen molar-refractivity contribution in [3.63, 3.8) is 0 Å². The lowest BCUT2D eigenvalue weighted by Crippen LogP contribution is -2.48. The average Bonchev–Trinajstić information content (AvgIpc) is 3.18. The molecule has 1 aromatic carbocycles. The molecule has 1 heterocycles. The molecule has 1 aliphatic carbocycles. The van der Waals surface area contributed by atoms with Gasteiger partial charge in [0.2, 0.25) is 0 Å². The van der Waals surface area contributed by atoms with Crippen LogP contribution in [0.2, 0.25) is 0 Å². The normalized spacial score (nSPS) is 30.6. The number of hydrogen-bond donors (Lipinski definition) is 1. The summed E-state index contributed by atoms with van der Waals surface area (Å²) in [6, 6.07) is 8.40. The van der Waals surface area contributed by atoms with Crippen LogP contribution in [0.15, 0.2) is 29.3 Å². The van der Waals surface area contributed by atoms with Crippen molar-refractivity contribution >= 4 is 29.9 Å². The molecule has 0 amide bonds. The van der Waals surface area contributed by atoms with Gasteiger partial charge in [0.25, 0.3) is 0 Å². The molecule has 1 aliphatic heterocycles. The summed E-state index contributed by atoms with van der Waals surface area (Å²) < 4.78 is 11.0. The highest BCUT2D eigenvalue weighted by Gasteiger charge is 2.53. The van der Waals surface area contributed by atoms with Gasteiger partial charge in [0.1, 0.15) is 5.75 Å². The summed E-state index contributed by atoms with van der Waals surface area (Å²) in [7, 11) is 1.71. The Hall–Kier alpha value is -1.02. The molecule has 2 aliphatic rings. The number of para-hydroxylation sites is 1. The van der Waals surface area contributed by atoms with E-state index in [1.165, 1.54) is 5.56 Å². The summed E-state index contributed by atoms with van der Waals surface area (Å²) >= 11 is 0. The van der Waals surface area contributed by atoms with Crippen LogP contribution in [0.1, 0.15) is 25.8 Å². The quantitative estimate of drug-likeness (QED) is 0.454. The van der Waals surface area contributed by atoms with Gasteiger partial charge in [-0.25, -0.2) is 4.99 Å². The first-order valence-electron chi connectivity index (χ1n) is 7.88. The maximum absolute atomic E-state index is 6.21. The first-order chi connectivity index (χ1) is 10.5. The fourth-order valence-electron chi connectivity index (χ4n) is 3.20. The minimum Gasteiger partial charge on any atom is -0.496 e. The van der Waals surface area contributed by atoms with Gasteiger partial charge in [0, 0.05) is 24.1 Å². The van der Waals surface area contributed by atoms with E-state index in [2.05, 4.69) is 30.9 Å². The van der Waals surface area contributed by atoms with Crippen LogP contribution in [0.4, 0.5) is 0 Å². The van der Waals surface area contributed by atoms with Crippen LogP contribution < -0.4 is 10.5 Å². The lowest BCUT2D eigenvalue weighted by atomic mass is 9.96. The molecule has 6 heteroatoms. The summed E-state index contributed by atoms with van der Waals surface area (Å²) in [5, 5.41) is 0. The number of halogens is 1. The van der Waals surface area contributed by atoms with Gasteiger partial charge in [-0.05, 0) is 19.4 Å². The zero-order chi connectivity index (χ0) is 15.7. The Bertz CT molecular complexity index is 581. The van der Waals surface area contributed by atoms with Crippen LogP contribution in [0.25, 0.3) is 0 Å². The van der Waals surface area contributed by atoms with E-state index in [1.807, 2.05) is 12.1 Å². The third-order valence-corrected chi connectivity index (χ3v) is 4.77. The van der Waals surface area contributed by atoms with E-state index in [4.69, 9.17) is 20.2 Å². The SMILES string of the molecule is COc1ccccc1C1(C)CC1N=C(N)N1CCOC(C)C1.I. The van der Waals surface area contributed by atoms with E-state index < -0.39 is 0 Å². The number of morpholine rings is 1. The van der Waals surface area contributed by atoms with E-state index in [0.717, 1.165) is 25.3 Å². The molecule has 1 saturated heterocycles. The largest absolute Gasteiger partial charge is 0.496 e. The maximum atomic E-state index is 6.21. The van der Waals surface area contributed by atoms with Gasteiger partial charge in [-0.2, -0.15) is 0 Å². The van der Waals surface area contributed by atoms with Gasteiger partial charge in [0.15, 0.2) is 5.96 Å². The van der Waals surface area contributed by atoms with Crippen LogP contribution >= 0.6 is 24.0 Å². The Morgan fingerprint density at radius 1 is 1.43 bits per heavy atom. The number of nitrogens with zero attached hydrogens (tertiary/aromatic N) is 2. The molecule has 3 unspecified atom stereocenters. The molecule has 23 heavy (non-hydrogen) atoms. The van der Waals surface area contributed by atoms with Crippen LogP contribution in [0.5, 0.6) is 5.75 Å². The molecule has 5 nitrogen and oxygen atoms in total. The van der Waals surface area contributed by atoms with Crippen molar-refractivity contribution in [2.24, 2.45) is 10.7 Å². The number of aliphatic imine (C=N–C) groups is 1. The predicted molar refractivity (Wildman–Crippen MR) is 103 cm³/mol. The van der Waals surface area contributed by atoms with E-state index in [0.29, 0.717) is 12.6 Å². The molecule has 2 N–H and O–H groups in total. The zero-order valence-electron chi connectivity index (χ0n) is 14.0. The van der Waals surface area contributed by atoms with Gasteiger partial charge in [-0.15, -0.1) is 24.0 Å². The van der Waals surface area contributed by atoms with Crippen molar-refractivity contribution in [1.82, 2.24) is 4.90 Å². The summed E-state index contributed by atoms with van der Waals surface area (Å²) in [5.41, 5.74) is 7.45. The summed E-state index contributed by atoms with van der Waals surface area (Å²) in [6.07, 6.45) is 1.22. The third-order valence-electron chi connectivity index (χ3n) is 4.77. The number of benzene rings is 1. The van der Waals surface area contributed by atoms with Crippen LogP contribution in [-0.2, 0) is 10.2 Å². The molecule has 1 saturated carbocycles. The fourth-order valence-corrected chi connectivity index (χ4v) is 3.20. The van der Waals surface area contributed by atoms with Gasteiger partial charge in [-0.3, -0.25) is 0 Å². The van der Waals surface area contributed by atoms with Crippen LogP contribution in [0, 0.1) is 0 Å². The van der Waals surface area contributed by atoms with Crippen molar-refractivity contribution in [2.75, 3.05) is 26.8 Å². The molecule has 0 spiro atoms. The summed E-state index contributed by atoms with van der Waals surface area (Å²) in [5.74, 6) is 1.57. The van der Waals surface area contributed by atoms with Crippen molar-refractivity contribution in [3.8, 4) is 5.75 Å². The Labute approximate surface area is 155 Å². The molecule has 2 fully saturated rings. The molecule has 1 aromatic rings. The molecule has 3 rings (SSSR count). The molecule has 0 radical (unpaired) electrons. The van der Waals surface area contributed by atoms with Crippen molar-refractivity contribution in [3.05, 3.63) is 29.8 Å². The highest BCUT2D eigenvalue weighted by Crippen LogP contribution is 2.53. The minimum absolute atomic E-state index is 0. The fraction of sp³-hybridized carbons (Fsp3) is 0.588. The molecule has 128 valence electrons. The third kappa shape index (κ3) is 3.74. The number of hydrogen-bond acceptors (Lipinski definition) is 3. The molecule has 0 bridgehead atoms. The smallest absolute Gasteiger partial charge is 0.191 e. The number of rotatable bonds is 3. The van der Waals surface area contributed by atoms with Crippen molar-refractivity contribution in [2.45, 2.75) is 37.8 Å². The monoisotopic (exact) mass is 431 g/mol. The zero-order valence-corrected chi connectivity index (χ0v) is 16.3. The number of guanidine groups is 1. The van der Waals surface area contributed by atoms with Gasteiger partial charge < -0.3 is 20.1 Å². The standard InChI is InChI=1S/C17H25N3O2.HI/c1-12-11-20(8-9-22-12)16(18)19-15-10-17(15,2)13-6-4-5-7-14(13)21-3;/h4-7,12,15H,8-11H2,1-3H3,(H2,18,19);1H. The van der Waals surface area contributed by atoms with E-state index in [9.17, 15) is 0 Å². The number of methoxy groups -OCH3 is 1. The van der Waals surface area contributed by atoms with Gasteiger partial charge >= 0.3 is 0 Å². The topological polar surface area (TPSA) is 60.1 Å². The second-order valence-corrected chi connectivity index (χ2v) is 6.45. The Kier molecular flexibility index (Phi) is 5.78. The van der Waals surface area contributed by atoms with E-state index in [1.54, 1.807) is 7.11 Å². The second kappa shape index (κ2) is 7.25. The van der Waals surface area contributed by atoms with E-state index >= 15 is 0 Å². The lowest BCUT2D eigenvalue weighted by Gasteiger charge is -2.32. The first kappa shape index (κ1) is 18.3. The summed E-state index contributed by atoms with van der Waals surface area (Å²) in [4.78, 5) is 6.88. The lowest BCUT2D eigenvalue weighted by molar-refractivity contribution is 0.00527. The van der Waals surface area contributed by atoms with Crippen molar-refractivity contribution in [1.29, 1.82) is 0 Å². The van der Waals surface area contributed by atoms with Crippen LogP contribution in [0.3, 0.4) is 0 Å².